The SMILES string of the molecule is COC1CN(C2CC3C(C2)C3C(C=C(N)c2cnc(N)c(C(F)(F)F)c2)=NC(C)C)C1. The average Bonchev–Trinajstić information content (AvgIpc) is 3.13. The Morgan fingerprint density at radius 2 is 1.94 bits per heavy atom. The second-order valence-electron chi connectivity index (χ2n) is 9.19. The Morgan fingerprint density at radius 1 is 1.29 bits per heavy atom. The number of rotatable bonds is 6. The van der Waals surface area contributed by atoms with E-state index in [0.717, 1.165) is 37.7 Å². The van der Waals surface area contributed by atoms with Gasteiger partial charge in [0.1, 0.15) is 5.82 Å². The van der Waals surface area contributed by atoms with Gasteiger partial charge in [0, 0.05) is 61.4 Å². The highest BCUT2D eigenvalue weighted by molar-refractivity contribution is 6.04. The summed E-state index contributed by atoms with van der Waals surface area (Å²) in [6.45, 7) is 5.97. The Labute approximate surface area is 180 Å². The maximum atomic E-state index is 13.2. The first kappa shape index (κ1) is 22.1. The first-order valence-corrected chi connectivity index (χ1v) is 10.7. The number of allylic oxidation sites excluding steroid dienone is 1. The van der Waals surface area contributed by atoms with Gasteiger partial charge in [0.25, 0.3) is 0 Å². The molecule has 4 N–H and O–H groups in total. The predicted octanol–water partition coefficient (Wildman–Crippen LogP) is 3.19. The van der Waals surface area contributed by atoms with Crippen molar-refractivity contribution < 1.29 is 17.9 Å². The molecule has 0 bridgehead atoms. The van der Waals surface area contributed by atoms with Crippen LogP contribution in [0.15, 0.2) is 23.3 Å². The third-order valence-electron chi connectivity index (χ3n) is 6.76. The van der Waals surface area contributed by atoms with Crippen molar-refractivity contribution in [1.29, 1.82) is 0 Å². The maximum absolute atomic E-state index is 13.2. The van der Waals surface area contributed by atoms with Crippen LogP contribution in [0.4, 0.5) is 19.0 Å². The lowest BCUT2D eigenvalue weighted by Crippen LogP contribution is -2.55. The highest BCUT2D eigenvalue weighted by atomic mass is 19.4. The highest BCUT2D eigenvalue weighted by Gasteiger charge is 2.59. The van der Waals surface area contributed by atoms with Crippen LogP contribution < -0.4 is 11.5 Å². The van der Waals surface area contributed by atoms with E-state index in [2.05, 4.69) is 9.88 Å². The van der Waals surface area contributed by atoms with Crippen molar-refractivity contribution in [3.63, 3.8) is 0 Å². The number of nitrogen functional groups attached to an aromatic ring is 1. The van der Waals surface area contributed by atoms with Crippen molar-refractivity contribution in [2.45, 2.75) is 51.1 Å². The first-order chi connectivity index (χ1) is 14.6. The summed E-state index contributed by atoms with van der Waals surface area (Å²) in [4.78, 5) is 10.9. The van der Waals surface area contributed by atoms with Crippen molar-refractivity contribution >= 4 is 17.2 Å². The van der Waals surface area contributed by atoms with Gasteiger partial charge in [-0.3, -0.25) is 9.89 Å². The number of methoxy groups -OCH3 is 1. The summed E-state index contributed by atoms with van der Waals surface area (Å²) in [6.07, 6.45) is 1.03. The number of likely N-dealkylation sites (tertiary alicyclic amines) is 1. The molecule has 4 rings (SSSR count). The van der Waals surface area contributed by atoms with Gasteiger partial charge in [-0.15, -0.1) is 0 Å². The van der Waals surface area contributed by atoms with Gasteiger partial charge >= 0.3 is 6.18 Å². The molecule has 0 spiro atoms. The molecule has 2 saturated carbocycles. The molecule has 1 saturated heterocycles. The van der Waals surface area contributed by atoms with E-state index in [1.165, 1.54) is 6.20 Å². The largest absolute Gasteiger partial charge is 0.419 e. The van der Waals surface area contributed by atoms with E-state index in [1.54, 1.807) is 13.2 Å². The summed E-state index contributed by atoms with van der Waals surface area (Å²) in [6, 6.07) is 1.63. The number of anilines is 1. The normalized spacial score (nSPS) is 29.9. The van der Waals surface area contributed by atoms with Crippen LogP contribution in [-0.4, -0.2) is 54.0 Å². The van der Waals surface area contributed by atoms with E-state index in [9.17, 15) is 13.2 Å². The lowest BCUT2D eigenvalue weighted by atomic mass is 9.98. The van der Waals surface area contributed by atoms with Crippen LogP contribution in [0.5, 0.6) is 0 Å². The Balaban J connectivity index is 1.49. The van der Waals surface area contributed by atoms with E-state index in [4.69, 9.17) is 21.2 Å². The number of alkyl halides is 3. The van der Waals surface area contributed by atoms with Crippen LogP contribution >= 0.6 is 0 Å². The molecule has 0 radical (unpaired) electrons. The topological polar surface area (TPSA) is 89.8 Å². The molecule has 2 atom stereocenters. The van der Waals surface area contributed by atoms with Gasteiger partial charge < -0.3 is 16.2 Å². The second-order valence-corrected chi connectivity index (χ2v) is 9.19. The molecule has 1 aromatic rings. The van der Waals surface area contributed by atoms with Crippen molar-refractivity contribution in [3.8, 4) is 0 Å². The van der Waals surface area contributed by atoms with Crippen LogP contribution in [0.25, 0.3) is 5.70 Å². The van der Waals surface area contributed by atoms with Gasteiger partial charge in [0.05, 0.1) is 11.7 Å². The molecular weight excluding hydrogens is 407 g/mol. The smallest absolute Gasteiger partial charge is 0.398 e. The van der Waals surface area contributed by atoms with Crippen molar-refractivity contribution in [2.24, 2.45) is 28.5 Å². The van der Waals surface area contributed by atoms with E-state index in [-0.39, 0.29) is 17.3 Å². The molecule has 170 valence electrons. The number of aliphatic imine (C=N–C) groups is 1. The zero-order valence-electron chi connectivity index (χ0n) is 18.1. The average molecular weight is 438 g/mol. The Hall–Kier alpha value is -2.13. The highest BCUT2D eigenvalue weighted by Crippen LogP contribution is 2.59. The summed E-state index contributed by atoms with van der Waals surface area (Å²) in [5.74, 6) is 0.886. The van der Waals surface area contributed by atoms with Gasteiger partial charge in [0.2, 0.25) is 0 Å². The lowest BCUT2D eigenvalue weighted by molar-refractivity contribution is -0.137. The van der Waals surface area contributed by atoms with Crippen LogP contribution in [0.3, 0.4) is 0 Å². The molecule has 1 aliphatic heterocycles. The van der Waals surface area contributed by atoms with Crippen LogP contribution in [0, 0.1) is 17.8 Å². The number of halogens is 3. The Bertz CT molecular complexity index is 880. The number of hydrogen-bond acceptors (Lipinski definition) is 6. The number of aromatic nitrogens is 1. The number of fused-ring (bicyclic) bond motifs is 1. The van der Waals surface area contributed by atoms with E-state index in [0.29, 0.717) is 29.9 Å². The van der Waals surface area contributed by atoms with Crippen molar-refractivity contribution in [1.82, 2.24) is 9.88 Å². The predicted molar refractivity (Wildman–Crippen MR) is 114 cm³/mol. The number of ether oxygens (including phenoxy) is 1. The molecule has 2 heterocycles. The van der Waals surface area contributed by atoms with Gasteiger partial charge in [0.15, 0.2) is 0 Å². The van der Waals surface area contributed by atoms with Gasteiger partial charge in [-0.25, -0.2) is 4.98 Å². The monoisotopic (exact) mass is 437 g/mol. The third-order valence-corrected chi connectivity index (χ3v) is 6.76. The summed E-state index contributed by atoms with van der Waals surface area (Å²) in [5.41, 5.74) is 11.9. The minimum absolute atomic E-state index is 0.0734. The number of nitrogens with zero attached hydrogens (tertiary/aromatic N) is 3. The first-order valence-electron chi connectivity index (χ1n) is 10.7. The lowest BCUT2D eigenvalue weighted by Gasteiger charge is -2.43. The molecule has 2 aliphatic carbocycles. The fourth-order valence-electron chi connectivity index (χ4n) is 5.09. The Morgan fingerprint density at radius 3 is 2.48 bits per heavy atom. The van der Waals surface area contributed by atoms with Crippen LogP contribution in [-0.2, 0) is 10.9 Å². The molecule has 1 aromatic heterocycles. The van der Waals surface area contributed by atoms with Gasteiger partial charge in [-0.05, 0) is 50.7 Å². The number of nitrogens with two attached hydrogens (primary N) is 2. The molecule has 2 unspecified atom stereocenters. The molecular formula is C22H30F3N5O. The maximum Gasteiger partial charge on any atom is 0.419 e. The molecule has 31 heavy (non-hydrogen) atoms. The van der Waals surface area contributed by atoms with Crippen molar-refractivity contribution in [2.75, 3.05) is 25.9 Å². The zero-order chi connectivity index (χ0) is 22.5. The quantitative estimate of drug-likeness (QED) is 0.667. The molecule has 3 fully saturated rings. The number of pyridine rings is 1. The molecule has 0 aromatic carbocycles. The minimum atomic E-state index is -4.58. The minimum Gasteiger partial charge on any atom is -0.398 e. The third kappa shape index (κ3) is 4.43. The Kier molecular flexibility index (Phi) is 5.76. The summed E-state index contributed by atoms with van der Waals surface area (Å²) in [7, 11) is 1.75. The van der Waals surface area contributed by atoms with Gasteiger partial charge in [-0.1, -0.05) is 0 Å². The molecule has 6 nitrogen and oxygen atoms in total. The van der Waals surface area contributed by atoms with Crippen LogP contribution in [0.1, 0.15) is 37.8 Å². The zero-order valence-corrected chi connectivity index (χ0v) is 18.1. The summed E-state index contributed by atoms with van der Waals surface area (Å²) in [5, 5.41) is 0. The van der Waals surface area contributed by atoms with Crippen molar-refractivity contribution in [3.05, 3.63) is 29.5 Å². The van der Waals surface area contributed by atoms with E-state index in [1.807, 2.05) is 13.8 Å². The molecule has 0 amide bonds. The van der Waals surface area contributed by atoms with E-state index < -0.39 is 17.6 Å². The van der Waals surface area contributed by atoms with Gasteiger partial charge in [-0.2, -0.15) is 13.2 Å². The molecule has 3 aliphatic rings. The fraction of sp³-hybridized carbons (Fsp3) is 0.636. The summed E-state index contributed by atoms with van der Waals surface area (Å²) < 4.78 is 44.9. The second kappa shape index (κ2) is 8.09. The van der Waals surface area contributed by atoms with E-state index >= 15 is 0 Å². The van der Waals surface area contributed by atoms with Crippen LogP contribution in [0.2, 0.25) is 0 Å². The fourth-order valence-corrected chi connectivity index (χ4v) is 5.09. The molecule has 9 heteroatoms. The number of hydrogen-bond donors (Lipinski definition) is 2. The summed E-state index contributed by atoms with van der Waals surface area (Å²) >= 11 is 0. The standard InChI is InChI=1S/C22H30F3N5O/c1-11(2)29-19(7-18(26)12-4-17(22(23,24)25)21(27)28-8-12)20-15-5-13(6-16(15)20)30-9-14(10-30)31-3/h4,7-8,11,13-16,20H,5-6,9-10,26H2,1-3H3,(H2,27,28).